The van der Waals surface area contributed by atoms with Crippen molar-refractivity contribution in [1.82, 2.24) is 4.73 Å². The lowest BCUT2D eigenvalue weighted by Gasteiger charge is -2.62. The molecule has 3 saturated carbocycles. The largest absolute Gasteiger partial charge is 0.390 e. The molecule has 10 atom stereocenters. The Morgan fingerprint density at radius 3 is 2.77 bits per heavy atom. The monoisotopic (exact) mass is 561 g/mol. The van der Waals surface area contributed by atoms with Gasteiger partial charge in [-0.25, -0.2) is 13.6 Å². The zero-order chi connectivity index (χ0) is 28.0. The summed E-state index contributed by atoms with van der Waals surface area (Å²) in [6.45, 7) is 5.32. The highest BCUT2D eigenvalue weighted by atomic mass is 32.1. The fraction of sp³-hybridized carbons (Fsp3) is 0.621. The molecule has 0 aromatic carbocycles. The van der Waals surface area contributed by atoms with Gasteiger partial charge in [0.2, 0.25) is 5.60 Å². The van der Waals surface area contributed by atoms with Gasteiger partial charge in [0.1, 0.15) is 16.9 Å². The van der Waals surface area contributed by atoms with Gasteiger partial charge in [-0.2, -0.15) is 4.73 Å². The number of fused-ring (bicyclic) bond motifs is 7. The van der Waals surface area contributed by atoms with Crippen LogP contribution in [0, 0.1) is 27.3 Å². The third-order valence-electron chi connectivity index (χ3n) is 10.2. The Balaban J connectivity index is 1.45. The lowest BCUT2D eigenvalue weighted by Crippen LogP contribution is -2.71. The second kappa shape index (κ2) is 8.86. The SMILES string of the molecule is CCC[C@@H]1O[C@@H]2C[C@H]3[C@@H]4C[C@H](F)C5=CC(=O)C=C[C@]5(C)[C@@]4(F)[C@@H](O)C[C@]3(C)[C@]2(C(=O)On2ccccc2=S)O1. The molecule has 1 aromatic heterocycles. The average molecular weight is 562 g/mol. The highest BCUT2D eigenvalue weighted by Gasteiger charge is 2.81. The molecular weight excluding hydrogens is 528 g/mol. The third-order valence-corrected chi connectivity index (χ3v) is 10.5. The number of aromatic nitrogens is 1. The molecular formula is C29H33F2NO6S. The van der Waals surface area contributed by atoms with Gasteiger partial charge in [-0.05, 0) is 68.4 Å². The molecule has 0 radical (unpaired) electrons. The van der Waals surface area contributed by atoms with Crippen LogP contribution in [0.4, 0.5) is 8.78 Å². The molecule has 1 aromatic rings. The summed E-state index contributed by atoms with van der Waals surface area (Å²) in [4.78, 5) is 32.0. The van der Waals surface area contributed by atoms with Crippen LogP contribution in [0.25, 0.3) is 0 Å². The molecule has 39 heavy (non-hydrogen) atoms. The van der Waals surface area contributed by atoms with Crippen LogP contribution in [-0.2, 0) is 19.1 Å². The van der Waals surface area contributed by atoms with Gasteiger partial charge in [0.05, 0.1) is 6.10 Å². The molecule has 5 aliphatic rings. The Hall–Kier alpha value is -2.27. The Morgan fingerprint density at radius 1 is 1.28 bits per heavy atom. The lowest BCUT2D eigenvalue weighted by molar-refractivity contribution is -0.241. The number of hydrogen-bond donors (Lipinski definition) is 1. The summed E-state index contributed by atoms with van der Waals surface area (Å²) in [5, 5.41) is 11.6. The first-order valence-electron chi connectivity index (χ1n) is 13.6. The van der Waals surface area contributed by atoms with E-state index in [2.05, 4.69) is 0 Å². The number of halogens is 2. The fourth-order valence-electron chi connectivity index (χ4n) is 8.38. The van der Waals surface area contributed by atoms with E-state index in [4.69, 9.17) is 26.5 Å². The van der Waals surface area contributed by atoms with E-state index in [1.54, 1.807) is 32.0 Å². The molecule has 6 rings (SSSR count). The minimum atomic E-state index is -2.27. The summed E-state index contributed by atoms with van der Waals surface area (Å²) in [6, 6.07) is 5.00. The second-order valence-electron chi connectivity index (χ2n) is 12.0. The Morgan fingerprint density at radius 2 is 2.05 bits per heavy atom. The van der Waals surface area contributed by atoms with E-state index < -0.39 is 70.4 Å². The van der Waals surface area contributed by atoms with Crippen molar-refractivity contribution >= 4 is 24.0 Å². The number of aliphatic hydroxyl groups is 1. The Kier molecular flexibility index (Phi) is 6.12. The molecule has 0 amide bonds. The number of nitrogens with zero attached hydrogens (tertiary/aromatic N) is 1. The van der Waals surface area contributed by atoms with Crippen molar-refractivity contribution in [2.24, 2.45) is 22.7 Å². The van der Waals surface area contributed by atoms with E-state index in [-0.39, 0.29) is 29.5 Å². The highest BCUT2D eigenvalue weighted by Crippen LogP contribution is 2.72. The number of carbonyl (C=O) groups is 2. The first-order chi connectivity index (χ1) is 18.4. The minimum absolute atomic E-state index is 0.0534. The number of aliphatic hydroxyl groups excluding tert-OH is 1. The molecule has 4 aliphatic carbocycles. The maximum atomic E-state index is 17.5. The zero-order valence-electron chi connectivity index (χ0n) is 22.1. The molecule has 4 fully saturated rings. The Labute approximate surface area is 230 Å². The van der Waals surface area contributed by atoms with Crippen LogP contribution >= 0.6 is 12.2 Å². The molecule has 1 saturated heterocycles. The predicted octanol–water partition coefficient (Wildman–Crippen LogP) is 4.38. The molecule has 7 nitrogen and oxygen atoms in total. The van der Waals surface area contributed by atoms with Gasteiger partial charge in [-0.3, -0.25) is 4.79 Å². The second-order valence-corrected chi connectivity index (χ2v) is 12.5. The molecule has 0 spiro atoms. The number of pyridine rings is 1. The van der Waals surface area contributed by atoms with Crippen LogP contribution in [0.3, 0.4) is 0 Å². The first-order valence-corrected chi connectivity index (χ1v) is 14.0. The number of allylic oxidation sites excluding steroid dienone is 4. The van der Waals surface area contributed by atoms with Crippen molar-refractivity contribution in [3.05, 3.63) is 52.8 Å². The molecule has 1 N–H and O–H groups in total. The summed E-state index contributed by atoms with van der Waals surface area (Å²) in [5.74, 6) is -2.67. The van der Waals surface area contributed by atoms with Gasteiger partial charge in [0.25, 0.3) is 0 Å². The van der Waals surface area contributed by atoms with Crippen molar-refractivity contribution in [3.8, 4) is 0 Å². The third kappa shape index (κ3) is 3.38. The van der Waals surface area contributed by atoms with Crippen molar-refractivity contribution < 1.29 is 37.8 Å². The standard InChI is InChI=1S/C29H33F2NO6S/c1-4-7-24-36-22-14-17-18-13-20(30)19-12-16(33)9-10-26(19,2)28(18,31)21(34)15-27(17,3)29(22,37-24)25(35)38-32-11-6-5-8-23(32)39/h5-6,8-12,17-18,20-22,24,34H,4,7,13-15H2,1-3H3/t17-,18-,20-,21-,22+,24+,26-,27-,28-,29-/m0/s1. The summed E-state index contributed by atoms with van der Waals surface area (Å²) < 4.78 is 47.4. The Bertz CT molecular complexity index is 1350. The first kappa shape index (κ1) is 26.9. The van der Waals surface area contributed by atoms with Gasteiger partial charge in [-0.15, -0.1) is 0 Å². The van der Waals surface area contributed by atoms with Gasteiger partial charge in [-0.1, -0.05) is 44.6 Å². The highest BCUT2D eigenvalue weighted by molar-refractivity contribution is 7.71. The number of rotatable bonds is 4. The summed E-state index contributed by atoms with van der Waals surface area (Å²) in [6.07, 6.45) is 1.87. The van der Waals surface area contributed by atoms with E-state index in [0.717, 1.165) is 12.5 Å². The summed E-state index contributed by atoms with van der Waals surface area (Å²) in [7, 11) is 0. The van der Waals surface area contributed by atoms with E-state index in [0.29, 0.717) is 6.42 Å². The number of alkyl halides is 2. The van der Waals surface area contributed by atoms with Gasteiger partial charge >= 0.3 is 5.97 Å². The topological polar surface area (TPSA) is 87.0 Å². The number of hydrogen-bond acceptors (Lipinski definition) is 7. The van der Waals surface area contributed by atoms with Crippen molar-refractivity contribution in [1.29, 1.82) is 0 Å². The summed E-state index contributed by atoms with van der Waals surface area (Å²) in [5.41, 5.74) is -6.53. The van der Waals surface area contributed by atoms with Crippen LogP contribution in [0.15, 0.2) is 48.2 Å². The molecule has 1 aliphatic heterocycles. The minimum Gasteiger partial charge on any atom is -0.390 e. The number of ketones is 1. The molecule has 0 bridgehead atoms. The van der Waals surface area contributed by atoms with Crippen LogP contribution in [0.5, 0.6) is 0 Å². The molecule has 10 heteroatoms. The van der Waals surface area contributed by atoms with E-state index in [1.165, 1.54) is 23.1 Å². The van der Waals surface area contributed by atoms with Crippen molar-refractivity contribution in [2.75, 3.05) is 0 Å². The van der Waals surface area contributed by atoms with Crippen LogP contribution in [-0.4, -0.2) is 57.5 Å². The molecule has 2 heterocycles. The maximum absolute atomic E-state index is 17.5. The average Bonchev–Trinajstić information content (AvgIpc) is 3.36. The van der Waals surface area contributed by atoms with E-state index in [1.807, 2.05) is 6.92 Å². The van der Waals surface area contributed by atoms with Crippen LogP contribution < -0.4 is 4.84 Å². The van der Waals surface area contributed by atoms with Gasteiger partial charge < -0.3 is 19.4 Å². The molecule has 210 valence electrons. The summed E-state index contributed by atoms with van der Waals surface area (Å²) >= 11 is 5.31. The predicted molar refractivity (Wildman–Crippen MR) is 138 cm³/mol. The van der Waals surface area contributed by atoms with Gasteiger partial charge in [0, 0.05) is 22.9 Å². The van der Waals surface area contributed by atoms with Crippen LogP contribution in [0.1, 0.15) is 52.9 Å². The fourth-order valence-corrected chi connectivity index (χ4v) is 8.56. The molecule has 0 unspecified atom stereocenters. The maximum Gasteiger partial charge on any atom is 0.367 e. The quantitative estimate of drug-likeness (QED) is 0.546. The van der Waals surface area contributed by atoms with E-state index >= 15 is 8.78 Å². The van der Waals surface area contributed by atoms with Gasteiger partial charge in [0.15, 0.2) is 17.7 Å². The zero-order valence-corrected chi connectivity index (χ0v) is 23.0. The van der Waals surface area contributed by atoms with E-state index in [9.17, 15) is 14.7 Å². The number of carbonyl (C=O) groups excluding carboxylic acids is 2. The van der Waals surface area contributed by atoms with Crippen molar-refractivity contribution in [3.63, 3.8) is 0 Å². The smallest absolute Gasteiger partial charge is 0.367 e. The normalized spacial score (nSPS) is 46.1. The van der Waals surface area contributed by atoms with Crippen LogP contribution in [0.2, 0.25) is 0 Å². The lowest BCUT2D eigenvalue weighted by atomic mass is 9.44. The van der Waals surface area contributed by atoms with Crippen molar-refractivity contribution in [2.45, 2.75) is 88.8 Å². The number of ether oxygens (including phenoxy) is 2.